The third-order valence-electron chi connectivity index (χ3n) is 4.91. The standard InChI is InChI=1S/C21H27N3O3S/c1-17(20(25)22-11-10-19-9-5-16-28-19)23-12-6-13-24(15-14-23)21(26)27-18-7-3-2-4-8-18/h2-5,7-9,16-17H,6,10-15H2,1H3,(H,22,25). The van der Waals surface area contributed by atoms with Gasteiger partial charge in [0.05, 0.1) is 6.04 Å². The second-order valence-electron chi connectivity index (χ2n) is 6.85. The van der Waals surface area contributed by atoms with Crippen LogP contribution in [0.5, 0.6) is 5.75 Å². The summed E-state index contributed by atoms with van der Waals surface area (Å²) in [6.45, 7) is 5.21. The number of para-hydroxylation sites is 1. The van der Waals surface area contributed by atoms with Gasteiger partial charge in [-0.15, -0.1) is 11.3 Å². The molecule has 0 aliphatic carbocycles. The average Bonchev–Trinajstić information content (AvgIpc) is 3.10. The summed E-state index contributed by atoms with van der Waals surface area (Å²) in [6.07, 6.45) is 1.34. The predicted molar refractivity (Wildman–Crippen MR) is 111 cm³/mol. The largest absolute Gasteiger partial charge is 0.415 e. The molecule has 2 heterocycles. The fourth-order valence-corrected chi connectivity index (χ4v) is 3.95. The van der Waals surface area contributed by atoms with E-state index in [-0.39, 0.29) is 18.0 Å². The third kappa shape index (κ3) is 5.81. The van der Waals surface area contributed by atoms with E-state index in [1.165, 1.54) is 4.88 Å². The van der Waals surface area contributed by atoms with E-state index in [0.717, 1.165) is 19.4 Å². The van der Waals surface area contributed by atoms with Crippen molar-refractivity contribution in [3.63, 3.8) is 0 Å². The molecular weight excluding hydrogens is 374 g/mol. The number of carbonyl (C=O) groups is 2. The van der Waals surface area contributed by atoms with E-state index < -0.39 is 0 Å². The van der Waals surface area contributed by atoms with Crippen LogP contribution >= 0.6 is 11.3 Å². The Morgan fingerprint density at radius 1 is 1.11 bits per heavy atom. The minimum atomic E-state index is -0.332. The Kier molecular flexibility index (Phi) is 7.45. The molecule has 0 bridgehead atoms. The van der Waals surface area contributed by atoms with E-state index in [1.54, 1.807) is 28.4 Å². The summed E-state index contributed by atoms with van der Waals surface area (Å²) in [4.78, 5) is 30.0. The summed E-state index contributed by atoms with van der Waals surface area (Å²) in [7, 11) is 0. The zero-order valence-electron chi connectivity index (χ0n) is 16.2. The fraction of sp³-hybridized carbons (Fsp3) is 0.429. The molecule has 1 aliphatic heterocycles. The number of nitrogens with one attached hydrogen (secondary N) is 1. The van der Waals surface area contributed by atoms with E-state index in [1.807, 2.05) is 36.6 Å². The molecule has 1 N–H and O–H groups in total. The SMILES string of the molecule is CC(C(=O)NCCc1cccs1)N1CCCN(C(=O)Oc2ccccc2)CC1. The van der Waals surface area contributed by atoms with Crippen LogP contribution < -0.4 is 10.1 Å². The van der Waals surface area contributed by atoms with Gasteiger partial charge in [0.25, 0.3) is 0 Å². The van der Waals surface area contributed by atoms with Crippen LogP contribution in [0.15, 0.2) is 47.8 Å². The Balaban J connectivity index is 1.44. The van der Waals surface area contributed by atoms with Crippen LogP contribution in [0, 0.1) is 0 Å². The number of hydrogen-bond acceptors (Lipinski definition) is 5. The van der Waals surface area contributed by atoms with Gasteiger partial charge in [-0.05, 0) is 43.3 Å². The molecular formula is C21H27N3O3S. The van der Waals surface area contributed by atoms with Gasteiger partial charge in [-0.25, -0.2) is 4.79 Å². The number of nitrogens with zero attached hydrogens (tertiary/aromatic N) is 2. The van der Waals surface area contributed by atoms with Crippen molar-refractivity contribution in [1.29, 1.82) is 0 Å². The lowest BCUT2D eigenvalue weighted by molar-refractivity contribution is -0.125. The molecule has 6 nitrogen and oxygen atoms in total. The topological polar surface area (TPSA) is 61.9 Å². The quantitative estimate of drug-likeness (QED) is 0.808. The molecule has 1 fully saturated rings. The highest BCUT2D eigenvalue weighted by molar-refractivity contribution is 7.09. The zero-order chi connectivity index (χ0) is 19.8. The summed E-state index contributed by atoms with van der Waals surface area (Å²) >= 11 is 1.71. The first kappa shape index (κ1) is 20.4. The van der Waals surface area contributed by atoms with Crippen molar-refractivity contribution in [2.45, 2.75) is 25.8 Å². The summed E-state index contributed by atoms with van der Waals surface area (Å²) < 4.78 is 5.43. The summed E-state index contributed by atoms with van der Waals surface area (Å²) in [5, 5.41) is 5.07. The number of carbonyl (C=O) groups excluding carboxylic acids is 2. The lowest BCUT2D eigenvalue weighted by atomic mass is 10.2. The predicted octanol–water partition coefficient (Wildman–Crippen LogP) is 3.00. The van der Waals surface area contributed by atoms with Gasteiger partial charge >= 0.3 is 6.09 Å². The van der Waals surface area contributed by atoms with E-state index in [0.29, 0.717) is 31.9 Å². The molecule has 7 heteroatoms. The number of benzene rings is 1. The normalized spacial score (nSPS) is 16.2. The Bertz CT molecular complexity index is 752. The number of amides is 2. The molecule has 1 aliphatic rings. The molecule has 150 valence electrons. The van der Waals surface area contributed by atoms with Crippen LogP contribution in [0.3, 0.4) is 0 Å². The van der Waals surface area contributed by atoms with Gasteiger partial charge < -0.3 is 15.0 Å². The molecule has 3 rings (SSSR count). The average molecular weight is 402 g/mol. The summed E-state index contributed by atoms with van der Waals surface area (Å²) in [5.74, 6) is 0.587. The monoisotopic (exact) mass is 401 g/mol. The molecule has 1 atom stereocenters. The van der Waals surface area contributed by atoms with Crippen LogP contribution in [0.25, 0.3) is 0 Å². The molecule has 0 saturated carbocycles. The highest BCUT2D eigenvalue weighted by Gasteiger charge is 2.26. The van der Waals surface area contributed by atoms with Crippen LogP contribution in [-0.2, 0) is 11.2 Å². The molecule has 1 aromatic carbocycles. The van der Waals surface area contributed by atoms with Crippen LogP contribution in [0.1, 0.15) is 18.2 Å². The minimum absolute atomic E-state index is 0.0388. The summed E-state index contributed by atoms with van der Waals surface area (Å²) in [6, 6.07) is 13.0. The van der Waals surface area contributed by atoms with Gasteiger partial charge in [0, 0.05) is 37.6 Å². The van der Waals surface area contributed by atoms with E-state index in [9.17, 15) is 9.59 Å². The van der Waals surface area contributed by atoms with E-state index in [2.05, 4.69) is 16.3 Å². The van der Waals surface area contributed by atoms with Gasteiger partial charge in [-0.1, -0.05) is 24.3 Å². The first-order valence-corrected chi connectivity index (χ1v) is 10.6. The van der Waals surface area contributed by atoms with E-state index in [4.69, 9.17) is 4.74 Å². The lowest BCUT2D eigenvalue weighted by Crippen LogP contribution is -2.47. The molecule has 2 amide bonds. The molecule has 1 saturated heterocycles. The second kappa shape index (κ2) is 10.2. The van der Waals surface area contributed by atoms with Crippen molar-refractivity contribution in [3.05, 3.63) is 52.7 Å². The van der Waals surface area contributed by atoms with E-state index >= 15 is 0 Å². The lowest BCUT2D eigenvalue weighted by Gasteiger charge is -2.26. The Labute approximate surface area is 170 Å². The first-order chi connectivity index (χ1) is 13.6. The van der Waals surface area contributed by atoms with Gasteiger partial charge in [0.1, 0.15) is 5.75 Å². The van der Waals surface area contributed by atoms with Crippen molar-refractivity contribution in [2.75, 3.05) is 32.7 Å². The van der Waals surface area contributed by atoms with Gasteiger partial charge in [0.2, 0.25) is 5.91 Å². The first-order valence-electron chi connectivity index (χ1n) is 9.69. The van der Waals surface area contributed by atoms with Crippen LogP contribution in [-0.4, -0.2) is 60.6 Å². The third-order valence-corrected chi connectivity index (χ3v) is 5.85. The van der Waals surface area contributed by atoms with Crippen molar-refractivity contribution >= 4 is 23.3 Å². The minimum Gasteiger partial charge on any atom is -0.410 e. The van der Waals surface area contributed by atoms with Gasteiger partial charge in [-0.3, -0.25) is 9.69 Å². The van der Waals surface area contributed by atoms with Gasteiger partial charge in [-0.2, -0.15) is 0 Å². The van der Waals surface area contributed by atoms with Gasteiger partial charge in [0.15, 0.2) is 0 Å². The van der Waals surface area contributed by atoms with Crippen molar-refractivity contribution < 1.29 is 14.3 Å². The maximum atomic E-state index is 12.5. The molecule has 1 unspecified atom stereocenters. The fourth-order valence-electron chi connectivity index (χ4n) is 3.24. The summed E-state index contributed by atoms with van der Waals surface area (Å²) in [5.41, 5.74) is 0. The number of ether oxygens (including phenoxy) is 1. The van der Waals surface area contributed by atoms with Crippen molar-refractivity contribution in [3.8, 4) is 5.75 Å². The maximum absolute atomic E-state index is 12.5. The number of hydrogen-bond donors (Lipinski definition) is 1. The van der Waals surface area contributed by atoms with Crippen LogP contribution in [0.4, 0.5) is 4.79 Å². The molecule has 2 aromatic rings. The highest BCUT2D eigenvalue weighted by Crippen LogP contribution is 2.13. The molecule has 0 radical (unpaired) electrons. The molecule has 1 aromatic heterocycles. The Morgan fingerprint density at radius 2 is 1.93 bits per heavy atom. The second-order valence-corrected chi connectivity index (χ2v) is 7.89. The molecule has 28 heavy (non-hydrogen) atoms. The number of rotatable bonds is 6. The van der Waals surface area contributed by atoms with Crippen molar-refractivity contribution in [1.82, 2.24) is 15.1 Å². The zero-order valence-corrected chi connectivity index (χ0v) is 17.0. The van der Waals surface area contributed by atoms with Crippen molar-refractivity contribution in [2.24, 2.45) is 0 Å². The van der Waals surface area contributed by atoms with Crippen LogP contribution in [0.2, 0.25) is 0 Å². The Morgan fingerprint density at radius 3 is 2.68 bits per heavy atom. The highest BCUT2D eigenvalue weighted by atomic mass is 32.1. The Hall–Kier alpha value is -2.38. The smallest absolute Gasteiger partial charge is 0.410 e. The molecule has 0 spiro atoms. The number of thiophene rings is 1. The maximum Gasteiger partial charge on any atom is 0.415 e.